The highest BCUT2D eigenvalue weighted by molar-refractivity contribution is 7.92. The van der Waals surface area contributed by atoms with Gasteiger partial charge in [-0.3, -0.25) is 13.9 Å². The Balaban J connectivity index is 1.82. The highest BCUT2D eigenvalue weighted by atomic mass is 35.5. The monoisotopic (exact) mass is 699 g/mol. The van der Waals surface area contributed by atoms with Crippen LogP contribution in [-0.2, 0) is 32.6 Å². The number of anilines is 1. The molecule has 4 rings (SSSR count). The molecule has 0 bridgehead atoms. The van der Waals surface area contributed by atoms with Crippen LogP contribution in [0.2, 0.25) is 15.1 Å². The summed E-state index contributed by atoms with van der Waals surface area (Å²) >= 11 is 18.6. The smallest absolute Gasteiger partial charge is 0.264 e. The van der Waals surface area contributed by atoms with Crippen LogP contribution in [0.1, 0.15) is 35.6 Å². The topological polar surface area (TPSA) is 86.8 Å². The Kier molecular flexibility index (Phi) is 12.1. The second kappa shape index (κ2) is 15.8. The molecule has 242 valence electrons. The normalized spacial score (nSPS) is 12.0. The molecule has 2 amide bonds. The van der Waals surface area contributed by atoms with Crippen LogP contribution in [0.3, 0.4) is 0 Å². The largest absolute Gasteiger partial charge is 0.354 e. The van der Waals surface area contributed by atoms with Gasteiger partial charge in [0.15, 0.2) is 0 Å². The van der Waals surface area contributed by atoms with Crippen molar-refractivity contribution in [1.29, 1.82) is 0 Å². The van der Waals surface area contributed by atoms with Crippen LogP contribution < -0.4 is 9.62 Å². The number of nitrogens with one attached hydrogen (secondary N) is 1. The van der Waals surface area contributed by atoms with Crippen LogP contribution in [0.5, 0.6) is 0 Å². The Morgan fingerprint density at radius 3 is 2.13 bits per heavy atom. The predicted octanol–water partition coefficient (Wildman–Crippen LogP) is 7.63. The summed E-state index contributed by atoms with van der Waals surface area (Å²) < 4.78 is 29.4. The van der Waals surface area contributed by atoms with Gasteiger partial charge in [0, 0.05) is 24.5 Å². The minimum atomic E-state index is -4.25. The third kappa shape index (κ3) is 8.82. The van der Waals surface area contributed by atoms with Gasteiger partial charge in [-0.1, -0.05) is 84.2 Å². The maximum Gasteiger partial charge on any atom is 0.264 e. The summed E-state index contributed by atoms with van der Waals surface area (Å²) in [4.78, 5) is 29.7. The average molecular weight is 701 g/mol. The molecule has 0 aliphatic heterocycles. The van der Waals surface area contributed by atoms with Gasteiger partial charge < -0.3 is 10.2 Å². The first-order chi connectivity index (χ1) is 21.9. The highest BCUT2D eigenvalue weighted by Gasteiger charge is 2.34. The minimum absolute atomic E-state index is 0.0193. The van der Waals surface area contributed by atoms with E-state index < -0.39 is 28.5 Å². The lowest BCUT2D eigenvalue weighted by Gasteiger charge is -2.34. The molecule has 0 radical (unpaired) electrons. The predicted molar refractivity (Wildman–Crippen MR) is 186 cm³/mol. The summed E-state index contributed by atoms with van der Waals surface area (Å²) in [6.07, 6.45) is 0.904. The second-order valence-corrected chi connectivity index (χ2v) is 14.1. The van der Waals surface area contributed by atoms with E-state index >= 15 is 0 Å². The fourth-order valence-electron chi connectivity index (χ4n) is 4.90. The van der Waals surface area contributed by atoms with Crippen molar-refractivity contribution < 1.29 is 18.0 Å². The van der Waals surface area contributed by atoms with E-state index in [4.69, 9.17) is 34.8 Å². The number of carbonyl (C=O) groups excluding carboxylic acids is 2. The fraction of sp³-hybridized carbons (Fsp3) is 0.257. The summed E-state index contributed by atoms with van der Waals surface area (Å²) in [6, 6.07) is 24.4. The van der Waals surface area contributed by atoms with Gasteiger partial charge >= 0.3 is 0 Å². The summed E-state index contributed by atoms with van der Waals surface area (Å²) in [6.45, 7) is 5.56. The van der Waals surface area contributed by atoms with Gasteiger partial charge in [-0.15, -0.1) is 0 Å². The van der Waals surface area contributed by atoms with Gasteiger partial charge in [0.1, 0.15) is 12.6 Å². The maximum atomic E-state index is 14.5. The number of aryl methyl sites for hydroxylation is 2. The lowest BCUT2D eigenvalue weighted by molar-refractivity contribution is -0.140. The average Bonchev–Trinajstić information content (AvgIpc) is 3.04. The third-order valence-electron chi connectivity index (χ3n) is 7.62. The molecule has 46 heavy (non-hydrogen) atoms. The maximum absolute atomic E-state index is 14.5. The zero-order chi connectivity index (χ0) is 33.4. The van der Waals surface area contributed by atoms with E-state index in [2.05, 4.69) is 5.32 Å². The van der Waals surface area contributed by atoms with E-state index in [9.17, 15) is 18.0 Å². The van der Waals surface area contributed by atoms with Gasteiger partial charge in [0.05, 0.1) is 20.6 Å². The SMILES string of the molecule is CCCNC(=O)[C@@H](Cc1ccccc1)N(Cc1ccc(Cl)c(Cl)c1)C(=O)CN(c1ccc(C)c(C)c1)S(=O)(=O)c1ccc(Cl)cc1. The molecule has 0 saturated heterocycles. The number of benzene rings is 4. The van der Waals surface area contributed by atoms with Gasteiger partial charge in [0.2, 0.25) is 11.8 Å². The second-order valence-electron chi connectivity index (χ2n) is 11.0. The van der Waals surface area contributed by atoms with Crippen molar-refractivity contribution in [3.05, 3.63) is 128 Å². The molecule has 0 aliphatic carbocycles. The lowest BCUT2D eigenvalue weighted by atomic mass is 10.0. The number of nitrogens with zero attached hydrogens (tertiary/aromatic N) is 2. The van der Waals surface area contributed by atoms with E-state index in [0.29, 0.717) is 39.3 Å². The van der Waals surface area contributed by atoms with Crippen LogP contribution in [0.15, 0.2) is 95.9 Å². The Morgan fingerprint density at radius 2 is 1.50 bits per heavy atom. The number of amides is 2. The van der Waals surface area contributed by atoms with Crippen LogP contribution in [0, 0.1) is 13.8 Å². The van der Waals surface area contributed by atoms with E-state index in [1.165, 1.54) is 29.2 Å². The Hall–Kier alpha value is -3.56. The van der Waals surface area contributed by atoms with Gasteiger partial charge in [-0.2, -0.15) is 0 Å². The summed E-state index contributed by atoms with van der Waals surface area (Å²) in [7, 11) is -4.25. The van der Waals surface area contributed by atoms with E-state index in [-0.39, 0.29) is 23.8 Å². The molecular weight excluding hydrogens is 665 g/mol. The van der Waals surface area contributed by atoms with Gasteiger partial charge in [-0.25, -0.2) is 8.42 Å². The Bertz CT molecular complexity index is 1790. The summed E-state index contributed by atoms with van der Waals surface area (Å²) in [5.41, 5.74) is 3.61. The van der Waals surface area contributed by atoms with Crippen LogP contribution >= 0.6 is 34.8 Å². The molecule has 0 fully saturated rings. The molecule has 7 nitrogen and oxygen atoms in total. The first-order valence-corrected chi connectivity index (χ1v) is 17.4. The molecule has 0 aliphatic rings. The Morgan fingerprint density at radius 1 is 0.804 bits per heavy atom. The third-order valence-corrected chi connectivity index (χ3v) is 10.4. The van der Waals surface area contributed by atoms with Gasteiger partial charge in [0.25, 0.3) is 10.0 Å². The van der Waals surface area contributed by atoms with Crippen molar-refractivity contribution in [3.63, 3.8) is 0 Å². The number of hydrogen-bond acceptors (Lipinski definition) is 4. The molecule has 1 atom stereocenters. The standard InChI is InChI=1S/C35H36Cl3N3O4S/c1-4-18-39-35(43)33(21-26-8-6-5-7-9-26)40(22-27-11-17-31(37)32(38)20-27)34(42)23-41(29-14-10-24(2)25(3)19-29)46(44,45)30-15-12-28(36)13-16-30/h5-17,19-20,33H,4,18,21-23H2,1-3H3,(H,39,43)/t33-/m1/s1. The van der Waals surface area contributed by atoms with Crippen LogP contribution in [0.4, 0.5) is 5.69 Å². The number of carbonyl (C=O) groups is 2. The fourth-order valence-corrected chi connectivity index (χ4v) is 6.75. The van der Waals surface area contributed by atoms with Gasteiger partial charge in [-0.05, 0) is 91.1 Å². The molecule has 0 unspecified atom stereocenters. The number of rotatable bonds is 13. The molecule has 11 heteroatoms. The van der Waals surface area contributed by atoms with Crippen LogP contribution in [0.25, 0.3) is 0 Å². The minimum Gasteiger partial charge on any atom is -0.354 e. The van der Waals surface area contributed by atoms with Crippen molar-refractivity contribution >= 4 is 62.3 Å². The summed E-state index contributed by atoms with van der Waals surface area (Å²) in [5.74, 6) is -0.924. The van der Waals surface area contributed by atoms with Crippen molar-refractivity contribution in [3.8, 4) is 0 Å². The van der Waals surface area contributed by atoms with Crippen molar-refractivity contribution in [2.75, 3.05) is 17.4 Å². The first kappa shape index (κ1) is 35.3. The van der Waals surface area contributed by atoms with E-state index in [0.717, 1.165) is 21.0 Å². The van der Waals surface area contributed by atoms with Crippen molar-refractivity contribution in [2.45, 2.75) is 51.1 Å². The molecule has 0 aromatic heterocycles. The van der Waals surface area contributed by atoms with Crippen molar-refractivity contribution in [2.24, 2.45) is 0 Å². The molecule has 4 aromatic rings. The van der Waals surface area contributed by atoms with E-state index in [1.807, 2.05) is 57.2 Å². The van der Waals surface area contributed by atoms with E-state index in [1.54, 1.807) is 30.3 Å². The lowest BCUT2D eigenvalue weighted by Crippen LogP contribution is -2.53. The molecular formula is C35H36Cl3N3O4S. The van der Waals surface area contributed by atoms with Crippen LogP contribution in [-0.4, -0.2) is 44.3 Å². The molecule has 1 N–H and O–H groups in total. The molecule has 0 spiro atoms. The Labute approximate surface area is 286 Å². The highest BCUT2D eigenvalue weighted by Crippen LogP contribution is 2.28. The zero-order valence-electron chi connectivity index (χ0n) is 25.8. The molecule has 0 heterocycles. The molecule has 4 aromatic carbocycles. The number of sulfonamides is 1. The number of halogens is 3. The summed E-state index contributed by atoms with van der Waals surface area (Å²) in [5, 5.41) is 3.95. The quantitative estimate of drug-likeness (QED) is 0.156. The zero-order valence-corrected chi connectivity index (χ0v) is 28.9. The first-order valence-electron chi connectivity index (χ1n) is 14.8. The number of hydrogen-bond donors (Lipinski definition) is 1. The van der Waals surface area contributed by atoms with Crippen molar-refractivity contribution in [1.82, 2.24) is 10.2 Å². The molecule has 0 saturated carbocycles.